The first-order valence-corrected chi connectivity index (χ1v) is 8.88. The van der Waals surface area contributed by atoms with Crippen molar-refractivity contribution < 1.29 is 9.59 Å². The molecule has 0 fully saturated rings. The molecule has 126 valence electrons. The van der Waals surface area contributed by atoms with E-state index in [2.05, 4.69) is 10.3 Å². The van der Waals surface area contributed by atoms with E-state index in [0.717, 1.165) is 24.1 Å². The third-order valence-electron chi connectivity index (χ3n) is 4.30. The summed E-state index contributed by atoms with van der Waals surface area (Å²) in [6.07, 6.45) is 3.41. The molecular weight excluding hydrogens is 338 g/mol. The number of amides is 1. The van der Waals surface area contributed by atoms with Crippen LogP contribution in [0.4, 0.5) is 5.69 Å². The molecule has 0 spiro atoms. The summed E-state index contributed by atoms with van der Waals surface area (Å²) in [4.78, 5) is 40.8. The van der Waals surface area contributed by atoms with Crippen LogP contribution < -0.4 is 10.9 Å². The number of thiophene rings is 1. The number of aryl methyl sites for hydroxylation is 1. The fourth-order valence-corrected chi connectivity index (χ4v) is 3.78. The second-order valence-corrected chi connectivity index (χ2v) is 6.93. The van der Waals surface area contributed by atoms with E-state index >= 15 is 0 Å². The largest absolute Gasteiger partial charge is 0.326 e. The van der Waals surface area contributed by atoms with Gasteiger partial charge >= 0.3 is 0 Å². The molecule has 0 bridgehead atoms. The number of rotatable bonds is 3. The Morgan fingerprint density at radius 2 is 2.12 bits per heavy atom. The van der Waals surface area contributed by atoms with Crippen molar-refractivity contribution in [3.05, 3.63) is 57.5 Å². The Kier molecular flexibility index (Phi) is 3.93. The van der Waals surface area contributed by atoms with Crippen molar-refractivity contribution >= 4 is 38.9 Å². The fraction of sp³-hybridized carbons (Fsp3) is 0.222. The minimum atomic E-state index is -0.199. The molecule has 1 aliphatic rings. The second kappa shape index (κ2) is 6.25. The van der Waals surface area contributed by atoms with E-state index in [1.165, 1.54) is 22.2 Å². The summed E-state index contributed by atoms with van der Waals surface area (Å²) in [5.74, 6) is -0.155. The van der Waals surface area contributed by atoms with Crippen LogP contribution in [0.25, 0.3) is 10.2 Å². The van der Waals surface area contributed by atoms with Crippen molar-refractivity contribution in [3.63, 3.8) is 0 Å². The molecule has 0 saturated carbocycles. The SMILES string of the molecule is O=C1CCCc2cc(C(=O)Cn3cnc4ccsc4c3=O)ccc2N1. The Hall–Kier alpha value is -2.80. The number of aromatic nitrogens is 2. The fourth-order valence-electron chi connectivity index (χ4n) is 2.99. The summed E-state index contributed by atoms with van der Waals surface area (Å²) in [6.45, 7) is -0.0508. The quantitative estimate of drug-likeness (QED) is 0.734. The molecule has 0 aliphatic carbocycles. The van der Waals surface area contributed by atoms with Crippen molar-refractivity contribution in [1.82, 2.24) is 9.55 Å². The normalized spacial score (nSPS) is 14.0. The highest BCUT2D eigenvalue weighted by Gasteiger charge is 2.16. The summed E-state index contributed by atoms with van der Waals surface area (Å²) < 4.78 is 1.90. The van der Waals surface area contributed by atoms with E-state index in [1.807, 2.05) is 11.4 Å². The van der Waals surface area contributed by atoms with E-state index in [-0.39, 0.29) is 23.8 Å². The highest BCUT2D eigenvalue weighted by Crippen LogP contribution is 2.23. The number of carbonyl (C=O) groups is 2. The number of carbonyl (C=O) groups excluding carboxylic acids is 2. The van der Waals surface area contributed by atoms with Crippen molar-refractivity contribution in [2.45, 2.75) is 25.8 Å². The third-order valence-corrected chi connectivity index (χ3v) is 5.19. The molecular formula is C18H15N3O3S. The first kappa shape index (κ1) is 15.7. The molecule has 0 saturated heterocycles. The van der Waals surface area contributed by atoms with Crippen molar-refractivity contribution in [2.24, 2.45) is 0 Å². The van der Waals surface area contributed by atoms with Gasteiger partial charge in [0.25, 0.3) is 5.56 Å². The maximum atomic E-state index is 12.6. The number of ketones is 1. The molecule has 7 heteroatoms. The summed E-state index contributed by atoms with van der Waals surface area (Å²) in [5.41, 5.74) is 2.71. The van der Waals surface area contributed by atoms with Gasteiger partial charge in [0.2, 0.25) is 5.91 Å². The Morgan fingerprint density at radius 3 is 3.00 bits per heavy atom. The molecule has 3 aromatic rings. The molecule has 2 aromatic heterocycles. The van der Waals surface area contributed by atoms with Gasteiger partial charge in [-0.3, -0.25) is 19.0 Å². The summed E-state index contributed by atoms with van der Waals surface area (Å²) >= 11 is 1.32. The number of hydrogen-bond acceptors (Lipinski definition) is 5. The predicted octanol–water partition coefficient (Wildman–Crippen LogP) is 2.62. The second-order valence-electron chi connectivity index (χ2n) is 6.01. The molecule has 0 atom stereocenters. The van der Waals surface area contributed by atoms with Crippen molar-refractivity contribution in [1.29, 1.82) is 0 Å². The first-order chi connectivity index (χ1) is 12.1. The number of hydrogen-bond donors (Lipinski definition) is 1. The van der Waals surface area contributed by atoms with Gasteiger partial charge in [0.05, 0.1) is 18.4 Å². The zero-order chi connectivity index (χ0) is 17.4. The van der Waals surface area contributed by atoms with Crippen LogP contribution in [0.15, 0.2) is 40.8 Å². The monoisotopic (exact) mass is 353 g/mol. The molecule has 1 N–H and O–H groups in total. The van der Waals surface area contributed by atoms with Gasteiger partial charge in [0.15, 0.2) is 5.78 Å². The Labute approximate surface area is 147 Å². The zero-order valence-corrected chi connectivity index (χ0v) is 14.1. The van der Waals surface area contributed by atoms with E-state index < -0.39 is 0 Å². The van der Waals surface area contributed by atoms with Crippen LogP contribution in [-0.2, 0) is 17.8 Å². The number of benzene rings is 1. The maximum absolute atomic E-state index is 12.6. The van der Waals surface area contributed by atoms with Gasteiger partial charge in [-0.1, -0.05) is 0 Å². The molecule has 1 aromatic carbocycles. The number of fused-ring (bicyclic) bond motifs is 2. The molecule has 6 nitrogen and oxygen atoms in total. The Bertz CT molecular complexity index is 1050. The molecule has 1 aliphatic heterocycles. The highest BCUT2D eigenvalue weighted by molar-refractivity contribution is 7.17. The van der Waals surface area contributed by atoms with E-state index in [4.69, 9.17) is 0 Å². The number of nitrogens with one attached hydrogen (secondary N) is 1. The van der Waals surface area contributed by atoms with Crippen LogP contribution in [0.5, 0.6) is 0 Å². The van der Waals surface area contributed by atoms with Crippen LogP contribution in [0.3, 0.4) is 0 Å². The lowest BCUT2D eigenvalue weighted by Crippen LogP contribution is -2.24. The lowest BCUT2D eigenvalue weighted by molar-refractivity contribution is -0.116. The van der Waals surface area contributed by atoms with Gasteiger partial charge in [-0.25, -0.2) is 4.98 Å². The molecule has 1 amide bonds. The lowest BCUT2D eigenvalue weighted by Gasteiger charge is -2.09. The Balaban J connectivity index is 1.62. The van der Waals surface area contributed by atoms with E-state index in [1.54, 1.807) is 18.2 Å². The van der Waals surface area contributed by atoms with Crippen LogP contribution in [0, 0.1) is 0 Å². The minimum Gasteiger partial charge on any atom is -0.326 e. The smallest absolute Gasteiger partial charge is 0.271 e. The van der Waals surface area contributed by atoms with E-state index in [0.29, 0.717) is 22.2 Å². The van der Waals surface area contributed by atoms with Gasteiger partial charge in [-0.05, 0) is 48.1 Å². The predicted molar refractivity (Wildman–Crippen MR) is 96.2 cm³/mol. The number of Topliss-reactive ketones (excluding diaryl/α,β-unsaturated/α-hetero) is 1. The highest BCUT2D eigenvalue weighted by atomic mass is 32.1. The summed E-state index contributed by atoms with van der Waals surface area (Å²) in [7, 11) is 0. The van der Waals surface area contributed by atoms with Gasteiger partial charge < -0.3 is 5.32 Å². The van der Waals surface area contributed by atoms with Gasteiger partial charge in [0.1, 0.15) is 4.70 Å². The van der Waals surface area contributed by atoms with Crippen molar-refractivity contribution in [3.8, 4) is 0 Å². The topological polar surface area (TPSA) is 81.1 Å². The summed E-state index contributed by atoms with van der Waals surface area (Å²) in [5, 5.41) is 4.66. The molecule has 25 heavy (non-hydrogen) atoms. The standard InChI is InChI=1S/C18H15N3O3S/c22-15(9-21-10-19-14-6-7-25-17(14)18(21)24)12-4-5-13-11(8-12)2-1-3-16(23)20-13/h4-8,10H,1-3,9H2,(H,20,23). The van der Waals surface area contributed by atoms with Crippen molar-refractivity contribution in [2.75, 3.05) is 5.32 Å². The van der Waals surface area contributed by atoms with Crippen LogP contribution in [0.1, 0.15) is 28.8 Å². The van der Waals surface area contributed by atoms with Crippen LogP contribution in [-0.4, -0.2) is 21.2 Å². The molecule has 0 unspecified atom stereocenters. The van der Waals surface area contributed by atoms with Crippen LogP contribution >= 0.6 is 11.3 Å². The summed E-state index contributed by atoms with van der Waals surface area (Å²) in [6, 6.07) is 7.05. The third kappa shape index (κ3) is 2.98. The lowest BCUT2D eigenvalue weighted by atomic mass is 10.0. The number of anilines is 1. The minimum absolute atomic E-state index is 0.000274. The molecule has 3 heterocycles. The average molecular weight is 353 g/mol. The zero-order valence-electron chi connectivity index (χ0n) is 13.3. The van der Waals surface area contributed by atoms with E-state index in [9.17, 15) is 14.4 Å². The van der Waals surface area contributed by atoms with Gasteiger partial charge in [0, 0.05) is 17.7 Å². The van der Waals surface area contributed by atoms with Gasteiger partial charge in [-0.2, -0.15) is 0 Å². The number of nitrogens with zero attached hydrogens (tertiary/aromatic N) is 2. The average Bonchev–Trinajstić information content (AvgIpc) is 3.00. The van der Waals surface area contributed by atoms with Crippen LogP contribution in [0.2, 0.25) is 0 Å². The Morgan fingerprint density at radius 1 is 1.24 bits per heavy atom. The maximum Gasteiger partial charge on any atom is 0.271 e. The first-order valence-electron chi connectivity index (χ1n) is 8.00. The van der Waals surface area contributed by atoms with Gasteiger partial charge in [-0.15, -0.1) is 11.3 Å². The molecule has 4 rings (SSSR count). The molecule has 0 radical (unpaired) electrons.